The van der Waals surface area contributed by atoms with Crippen molar-refractivity contribution in [3.8, 4) is 22.6 Å². The van der Waals surface area contributed by atoms with E-state index in [2.05, 4.69) is 20.6 Å². The summed E-state index contributed by atoms with van der Waals surface area (Å²) in [6.07, 6.45) is 5.62. The van der Waals surface area contributed by atoms with Crippen LogP contribution in [-0.4, -0.2) is 41.2 Å². The second kappa shape index (κ2) is 9.56. The molecule has 3 aromatic rings. The van der Waals surface area contributed by atoms with Gasteiger partial charge in [0.1, 0.15) is 24.6 Å². The van der Waals surface area contributed by atoms with Gasteiger partial charge in [0, 0.05) is 24.0 Å². The molecule has 9 heteroatoms. The quantitative estimate of drug-likeness (QED) is 0.439. The number of amides is 1. The van der Waals surface area contributed by atoms with Crippen LogP contribution in [0.1, 0.15) is 36.0 Å². The summed E-state index contributed by atoms with van der Waals surface area (Å²) in [5, 5.41) is 6.56. The fraction of sp³-hybridized carbons (Fsp3) is 0.320. The Labute approximate surface area is 197 Å². The summed E-state index contributed by atoms with van der Waals surface area (Å²) < 4.78 is 11.3. The summed E-state index contributed by atoms with van der Waals surface area (Å²) in [4.78, 5) is 20.9. The van der Waals surface area contributed by atoms with Crippen molar-refractivity contribution < 1.29 is 14.3 Å². The monoisotopic (exact) mass is 460 g/mol. The number of hydrogen-bond donors (Lipinski definition) is 4. The van der Waals surface area contributed by atoms with E-state index in [0.717, 1.165) is 54.0 Å². The first-order valence-corrected chi connectivity index (χ1v) is 11.5. The van der Waals surface area contributed by atoms with Gasteiger partial charge in [-0.1, -0.05) is 31.0 Å². The first-order chi connectivity index (χ1) is 16.6. The predicted molar refractivity (Wildman–Crippen MR) is 131 cm³/mol. The predicted octanol–water partition coefficient (Wildman–Crippen LogP) is 3.44. The maximum Gasteiger partial charge on any atom is 0.254 e. The molecule has 2 aliphatic rings. The van der Waals surface area contributed by atoms with Gasteiger partial charge in [0.05, 0.1) is 0 Å². The second-order valence-electron chi connectivity index (χ2n) is 8.58. The number of aromatic nitrogens is 2. The highest BCUT2D eigenvalue weighted by Crippen LogP contribution is 2.35. The van der Waals surface area contributed by atoms with Crippen LogP contribution in [0.4, 0.5) is 17.5 Å². The number of nitrogens with two attached hydrogens (primary N) is 2. The Hall–Kier alpha value is -3.85. The van der Waals surface area contributed by atoms with E-state index in [0.29, 0.717) is 25.0 Å². The zero-order chi connectivity index (χ0) is 23.5. The average molecular weight is 461 g/mol. The van der Waals surface area contributed by atoms with Crippen LogP contribution in [0.2, 0.25) is 0 Å². The number of ether oxygens (including phenoxy) is 2. The van der Waals surface area contributed by atoms with E-state index in [1.54, 1.807) is 0 Å². The zero-order valence-electron chi connectivity index (χ0n) is 18.8. The van der Waals surface area contributed by atoms with Gasteiger partial charge < -0.3 is 31.6 Å². The summed E-state index contributed by atoms with van der Waals surface area (Å²) in [6.45, 7) is 1.08. The number of benzene rings is 2. The number of nitrogens with zero attached hydrogens (tertiary/aromatic N) is 2. The maximum atomic E-state index is 12.0. The van der Waals surface area contributed by atoms with Gasteiger partial charge in [-0.05, 0) is 48.2 Å². The molecule has 6 N–H and O–H groups in total. The average Bonchev–Trinajstić information content (AvgIpc) is 2.85. The van der Waals surface area contributed by atoms with Crippen LogP contribution in [0, 0.1) is 0 Å². The number of carbonyl (C=O) groups excluding carboxylic acids is 1. The molecule has 5 rings (SSSR count). The van der Waals surface area contributed by atoms with E-state index in [-0.39, 0.29) is 17.6 Å². The lowest BCUT2D eigenvalue weighted by atomic mass is 9.91. The van der Waals surface area contributed by atoms with E-state index in [4.69, 9.17) is 20.9 Å². The van der Waals surface area contributed by atoms with Crippen molar-refractivity contribution in [2.75, 3.05) is 23.8 Å². The highest BCUT2D eigenvalue weighted by atomic mass is 16.6. The lowest BCUT2D eigenvalue weighted by Crippen LogP contribution is -2.43. The molecule has 0 saturated heterocycles. The van der Waals surface area contributed by atoms with Gasteiger partial charge in [0.2, 0.25) is 5.95 Å². The molecule has 2 aromatic carbocycles. The minimum Gasteiger partial charge on any atom is -0.486 e. The summed E-state index contributed by atoms with van der Waals surface area (Å²) in [6, 6.07) is 13.8. The van der Waals surface area contributed by atoms with Crippen LogP contribution in [0.25, 0.3) is 11.1 Å². The Kier molecular flexibility index (Phi) is 6.18. The third-order valence-electron chi connectivity index (χ3n) is 6.19. The molecule has 1 saturated carbocycles. The minimum absolute atomic E-state index is 0.0484. The summed E-state index contributed by atoms with van der Waals surface area (Å²) in [5.74, 6) is 1.62. The van der Waals surface area contributed by atoms with Gasteiger partial charge in [-0.2, -0.15) is 4.98 Å². The molecular weight excluding hydrogens is 432 g/mol. The van der Waals surface area contributed by atoms with E-state index in [1.807, 2.05) is 42.5 Å². The number of nitrogens with one attached hydrogen (secondary N) is 2. The van der Waals surface area contributed by atoms with Gasteiger partial charge in [0.25, 0.3) is 5.91 Å². The Bertz CT molecular complexity index is 1200. The van der Waals surface area contributed by atoms with Crippen molar-refractivity contribution in [3.63, 3.8) is 0 Å². The highest BCUT2D eigenvalue weighted by molar-refractivity contribution is 5.98. The zero-order valence-corrected chi connectivity index (χ0v) is 18.8. The molecule has 9 nitrogen and oxygen atoms in total. The molecule has 0 bridgehead atoms. The molecule has 0 unspecified atom stereocenters. The number of rotatable bonds is 6. The lowest BCUT2D eigenvalue weighted by Gasteiger charge is -2.29. The molecule has 1 aliphatic heterocycles. The number of hydrogen-bond acceptors (Lipinski definition) is 8. The number of fused-ring (bicyclic) bond motifs is 1. The first kappa shape index (κ1) is 22.0. The number of carbonyl (C=O) groups is 1. The molecule has 2 atom stereocenters. The molecule has 176 valence electrons. The van der Waals surface area contributed by atoms with Crippen molar-refractivity contribution >= 4 is 23.4 Å². The van der Waals surface area contributed by atoms with Crippen LogP contribution in [-0.2, 0) is 0 Å². The minimum atomic E-state index is -0.605. The van der Waals surface area contributed by atoms with Gasteiger partial charge in [-0.15, -0.1) is 0 Å². The fourth-order valence-electron chi connectivity index (χ4n) is 4.37. The van der Waals surface area contributed by atoms with Gasteiger partial charge >= 0.3 is 0 Å². The van der Waals surface area contributed by atoms with Crippen molar-refractivity contribution in [2.24, 2.45) is 11.5 Å². The molecular formula is C25H28N6O3. The van der Waals surface area contributed by atoms with Crippen LogP contribution in [0.5, 0.6) is 11.5 Å². The topological polar surface area (TPSA) is 137 Å². The Morgan fingerprint density at radius 3 is 2.62 bits per heavy atom. The Balaban J connectivity index is 1.40. The highest BCUT2D eigenvalue weighted by Gasteiger charge is 2.23. The Morgan fingerprint density at radius 1 is 1.00 bits per heavy atom. The van der Waals surface area contributed by atoms with E-state index < -0.39 is 5.91 Å². The third kappa shape index (κ3) is 4.74. The van der Waals surface area contributed by atoms with Crippen molar-refractivity contribution in [2.45, 2.75) is 37.8 Å². The normalized spacial score (nSPS) is 19.3. The van der Waals surface area contributed by atoms with E-state index in [1.165, 1.54) is 6.20 Å². The standard InChI is InChI=1S/C25H28N6O3/c26-19-6-1-2-7-20(19)30-25-28-14-18(23(27)32)24(31-25)29-17-5-3-4-15(12-17)16-8-9-21-22(13-16)34-11-10-33-21/h3-5,8-9,12-14,19-20H,1-2,6-7,10-11,26H2,(H2,27,32)(H2,28,29,30,31)/t19-,20+/m0/s1. The molecule has 0 spiro atoms. The van der Waals surface area contributed by atoms with Crippen molar-refractivity contribution in [1.82, 2.24) is 9.97 Å². The lowest BCUT2D eigenvalue weighted by molar-refractivity contribution is 0.100. The Morgan fingerprint density at radius 2 is 1.79 bits per heavy atom. The molecule has 2 heterocycles. The number of anilines is 3. The molecule has 0 radical (unpaired) electrons. The van der Waals surface area contributed by atoms with Crippen LogP contribution >= 0.6 is 0 Å². The van der Waals surface area contributed by atoms with Gasteiger partial charge in [-0.25, -0.2) is 4.98 Å². The largest absolute Gasteiger partial charge is 0.486 e. The van der Waals surface area contributed by atoms with Crippen LogP contribution in [0.15, 0.2) is 48.7 Å². The summed E-state index contributed by atoms with van der Waals surface area (Å²) >= 11 is 0. The number of primary amides is 1. The molecule has 1 aliphatic carbocycles. The third-order valence-corrected chi connectivity index (χ3v) is 6.19. The smallest absolute Gasteiger partial charge is 0.254 e. The van der Waals surface area contributed by atoms with Gasteiger partial charge in [-0.3, -0.25) is 4.79 Å². The van der Waals surface area contributed by atoms with Gasteiger partial charge in [0.15, 0.2) is 11.5 Å². The fourth-order valence-corrected chi connectivity index (χ4v) is 4.37. The summed E-state index contributed by atoms with van der Waals surface area (Å²) in [7, 11) is 0. The SMILES string of the molecule is NC(=O)c1cnc(N[C@@H]2CCCC[C@@H]2N)nc1Nc1cccc(-c2ccc3c(c2)OCCO3)c1. The van der Waals surface area contributed by atoms with Crippen LogP contribution in [0.3, 0.4) is 0 Å². The summed E-state index contributed by atoms with van der Waals surface area (Å²) in [5.41, 5.74) is 14.8. The second-order valence-corrected chi connectivity index (χ2v) is 8.58. The first-order valence-electron chi connectivity index (χ1n) is 11.5. The maximum absolute atomic E-state index is 12.0. The molecule has 34 heavy (non-hydrogen) atoms. The van der Waals surface area contributed by atoms with Crippen molar-refractivity contribution in [1.29, 1.82) is 0 Å². The van der Waals surface area contributed by atoms with E-state index in [9.17, 15) is 4.79 Å². The van der Waals surface area contributed by atoms with Crippen LogP contribution < -0.4 is 31.6 Å². The molecule has 1 amide bonds. The molecule has 1 aromatic heterocycles. The molecule has 1 fully saturated rings. The van der Waals surface area contributed by atoms with E-state index >= 15 is 0 Å². The van der Waals surface area contributed by atoms with Crippen molar-refractivity contribution in [3.05, 3.63) is 54.2 Å².